The Balaban J connectivity index is 1.78. The number of hydrogen-bond acceptors (Lipinski definition) is 3. The van der Waals surface area contributed by atoms with E-state index in [0.717, 1.165) is 24.0 Å². The van der Waals surface area contributed by atoms with E-state index in [2.05, 4.69) is 5.32 Å². The van der Waals surface area contributed by atoms with Crippen molar-refractivity contribution in [3.05, 3.63) is 29.3 Å². The van der Waals surface area contributed by atoms with Crippen molar-refractivity contribution in [3.63, 3.8) is 0 Å². The summed E-state index contributed by atoms with van der Waals surface area (Å²) in [5.74, 6) is 0.339. The van der Waals surface area contributed by atoms with Crippen LogP contribution in [-0.4, -0.2) is 31.3 Å². The van der Waals surface area contributed by atoms with Crippen molar-refractivity contribution in [3.8, 4) is 5.75 Å². The second-order valence-corrected chi connectivity index (χ2v) is 4.36. The fourth-order valence-corrected chi connectivity index (χ4v) is 2.32. The lowest BCUT2D eigenvalue weighted by atomic mass is 10.1. The molecule has 0 aliphatic heterocycles. The molecule has 0 saturated carbocycles. The molecule has 5 heteroatoms. The third-order valence-corrected chi connectivity index (χ3v) is 3.13. The Hall–Kier alpha value is -1.20. The van der Waals surface area contributed by atoms with Gasteiger partial charge in [0.1, 0.15) is 12.4 Å². The monoisotopic (exact) mass is 257 g/mol. The quantitative estimate of drug-likeness (QED) is 0.768. The van der Waals surface area contributed by atoms with Crippen LogP contribution in [0.2, 0.25) is 0 Å². The summed E-state index contributed by atoms with van der Waals surface area (Å²) in [6.45, 7) is 0.297. The number of aromatic hydroxyl groups is 1. The molecule has 2 N–H and O–H groups in total. The molecular weight excluding hydrogens is 240 g/mol. The minimum Gasteiger partial charge on any atom is -0.508 e. The highest BCUT2D eigenvalue weighted by Gasteiger charge is 2.23. The van der Waals surface area contributed by atoms with E-state index in [1.807, 2.05) is 12.1 Å². The molecule has 0 fully saturated rings. The number of alkyl halides is 2. The average molecular weight is 257 g/mol. The molecule has 1 aromatic rings. The second kappa shape index (κ2) is 6.11. The maximum Gasteiger partial charge on any atom is 0.261 e. The minimum atomic E-state index is -2.41. The fraction of sp³-hybridized carbons (Fsp3) is 0.538. The van der Waals surface area contributed by atoms with E-state index in [1.165, 1.54) is 0 Å². The van der Waals surface area contributed by atoms with Crippen LogP contribution in [-0.2, 0) is 11.2 Å². The summed E-state index contributed by atoms with van der Waals surface area (Å²) in [6, 6.07) is 5.68. The highest BCUT2D eigenvalue weighted by atomic mass is 19.3. The number of benzene rings is 1. The van der Waals surface area contributed by atoms with Crippen LogP contribution in [0.15, 0.2) is 18.2 Å². The molecule has 0 heterocycles. The van der Waals surface area contributed by atoms with Crippen molar-refractivity contribution in [2.75, 3.05) is 19.8 Å². The molecule has 0 bridgehead atoms. The van der Waals surface area contributed by atoms with Crippen molar-refractivity contribution in [1.82, 2.24) is 5.32 Å². The summed E-state index contributed by atoms with van der Waals surface area (Å²) in [5, 5.41) is 12.9. The first-order valence-electron chi connectivity index (χ1n) is 6.08. The lowest BCUT2D eigenvalue weighted by Crippen LogP contribution is -2.24. The van der Waals surface area contributed by atoms with Gasteiger partial charge in [-0.3, -0.25) is 0 Å². The first-order valence-corrected chi connectivity index (χ1v) is 6.08. The average Bonchev–Trinajstić information content (AvgIpc) is 2.73. The van der Waals surface area contributed by atoms with Crippen molar-refractivity contribution >= 4 is 0 Å². The molecule has 0 aromatic heterocycles. The number of phenols is 1. The lowest BCUT2D eigenvalue weighted by Gasteiger charge is -2.14. The molecule has 0 spiro atoms. The molecule has 100 valence electrons. The zero-order valence-corrected chi connectivity index (χ0v) is 10.0. The van der Waals surface area contributed by atoms with Crippen LogP contribution in [0.4, 0.5) is 8.78 Å². The smallest absolute Gasteiger partial charge is 0.261 e. The van der Waals surface area contributed by atoms with Crippen LogP contribution in [0.1, 0.15) is 23.6 Å². The van der Waals surface area contributed by atoms with Gasteiger partial charge in [0.25, 0.3) is 6.43 Å². The maximum absolute atomic E-state index is 11.8. The van der Waals surface area contributed by atoms with E-state index < -0.39 is 13.0 Å². The topological polar surface area (TPSA) is 41.5 Å². The third-order valence-electron chi connectivity index (χ3n) is 3.13. The van der Waals surface area contributed by atoms with Gasteiger partial charge in [-0.05, 0) is 30.0 Å². The summed E-state index contributed by atoms with van der Waals surface area (Å²) >= 11 is 0. The predicted molar refractivity (Wildman–Crippen MR) is 64.0 cm³/mol. The summed E-state index contributed by atoms with van der Waals surface area (Å²) in [5.41, 5.74) is 2.09. The van der Waals surface area contributed by atoms with Crippen LogP contribution in [0.25, 0.3) is 0 Å². The molecule has 2 rings (SSSR count). The van der Waals surface area contributed by atoms with Crippen LogP contribution in [0.5, 0.6) is 5.75 Å². The Morgan fingerprint density at radius 3 is 3.06 bits per heavy atom. The molecular formula is C13H17F2NO2. The van der Waals surface area contributed by atoms with Gasteiger partial charge in [0.2, 0.25) is 0 Å². The summed E-state index contributed by atoms with van der Waals surface area (Å²) in [4.78, 5) is 0. The van der Waals surface area contributed by atoms with E-state index in [1.54, 1.807) is 6.07 Å². The maximum atomic E-state index is 11.8. The standard InChI is InChI=1S/C13H17F2NO2/c14-13(15)8-18-7-6-16-11-5-4-10-9(11)2-1-3-12(10)17/h1-3,11,13,16-17H,4-8H2. The van der Waals surface area contributed by atoms with E-state index in [-0.39, 0.29) is 12.6 Å². The highest BCUT2D eigenvalue weighted by Crippen LogP contribution is 2.35. The summed E-state index contributed by atoms with van der Waals surface area (Å²) in [6.07, 6.45) is -0.645. The number of phenolic OH excluding ortho intramolecular Hbond substituents is 1. The number of halogens is 2. The van der Waals surface area contributed by atoms with Crippen molar-refractivity contribution < 1.29 is 18.6 Å². The Kier molecular flexibility index (Phi) is 4.49. The zero-order chi connectivity index (χ0) is 13.0. The fourth-order valence-electron chi connectivity index (χ4n) is 2.32. The molecule has 1 aliphatic rings. The molecule has 1 aliphatic carbocycles. The molecule has 1 unspecified atom stereocenters. The molecule has 0 amide bonds. The van der Waals surface area contributed by atoms with Gasteiger partial charge in [0.05, 0.1) is 6.61 Å². The molecule has 0 saturated heterocycles. The highest BCUT2D eigenvalue weighted by molar-refractivity contribution is 5.44. The Morgan fingerprint density at radius 2 is 2.28 bits per heavy atom. The summed E-state index contributed by atoms with van der Waals surface area (Å²) < 4.78 is 28.5. The van der Waals surface area contributed by atoms with E-state index in [0.29, 0.717) is 12.3 Å². The first kappa shape index (κ1) is 13.2. The van der Waals surface area contributed by atoms with Crippen LogP contribution in [0.3, 0.4) is 0 Å². The third kappa shape index (κ3) is 3.17. The van der Waals surface area contributed by atoms with Gasteiger partial charge in [-0.15, -0.1) is 0 Å². The first-order chi connectivity index (χ1) is 8.68. The second-order valence-electron chi connectivity index (χ2n) is 4.36. The molecule has 0 radical (unpaired) electrons. The number of fused-ring (bicyclic) bond motifs is 1. The number of nitrogens with one attached hydrogen (secondary N) is 1. The predicted octanol–water partition coefficient (Wildman–Crippen LogP) is 2.25. The Bertz CT molecular complexity index is 399. The SMILES string of the molecule is Oc1cccc2c1CCC2NCCOCC(F)F. The van der Waals surface area contributed by atoms with Crippen LogP contribution in [0, 0.1) is 0 Å². The van der Waals surface area contributed by atoms with E-state index >= 15 is 0 Å². The molecule has 3 nitrogen and oxygen atoms in total. The lowest BCUT2D eigenvalue weighted by molar-refractivity contribution is 0.0182. The Morgan fingerprint density at radius 1 is 1.44 bits per heavy atom. The molecule has 1 aromatic carbocycles. The summed E-state index contributed by atoms with van der Waals surface area (Å²) in [7, 11) is 0. The van der Waals surface area contributed by atoms with Gasteiger partial charge < -0.3 is 15.2 Å². The van der Waals surface area contributed by atoms with Gasteiger partial charge in [-0.1, -0.05) is 12.1 Å². The van der Waals surface area contributed by atoms with Crippen molar-refractivity contribution in [1.29, 1.82) is 0 Å². The Labute approximate surface area is 105 Å². The number of ether oxygens (including phenoxy) is 1. The van der Waals surface area contributed by atoms with Crippen molar-refractivity contribution in [2.24, 2.45) is 0 Å². The minimum absolute atomic E-state index is 0.183. The van der Waals surface area contributed by atoms with Gasteiger partial charge >= 0.3 is 0 Å². The van der Waals surface area contributed by atoms with Gasteiger partial charge in [0, 0.05) is 12.6 Å². The van der Waals surface area contributed by atoms with Crippen LogP contribution < -0.4 is 5.32 Å². The van der Waals surface area contributed by atoms with Gasteiger partial charge in [-0.25, -0.2) is 8.78 Å². The molecule has 18 heavy (non-hydrogen) atoms. The number of hydrogen-bond donors (Lipinski definition) is 2. The zero-order valence-electron chi connectivity index (χ0n) is 10.0. The van der Waals surface area contributed by atoms with Crippen molar-refractivity contribution in [2.45, 2.75) is 25.3 Å². The van der Waals surface area contributed by atoms with E-state index in [9.17, 15) is 13.9 Å². The largest absolute Gasteiger partial charge is 0.508 e. The van der Waals surface area contributed by atoms with Crippen LogP contribution >= 0.6 is 0 Å². The van der Waals surface area contributed by atoms with Gasteiger partial charge in [-0.2, -0.15) is 0 Å². The normalized spacial score (nSPS) is 18.3. The van der Waals surface area contributed by atoms with Gasteiger partial charge in [0.15, 0.2) is 0 Å². The molecule has 1 atom stereocenters. The number of rotatable bonds is 6. The van der Waals surface area contributed by atoms with E-state index in [4.69, 9.17) is 4.74 Å².